The van der Waals surface area contributed by atoms with Crippen LogP contribution in [0.3, 0.4) is 0 Å². The van der Waals surface area contributed by atoms with Crippen molar-refractivity contribution in [3.05, 3.63) is 24.3 Å². The Morgan fingerprint density at radius 2 is 1.44 bits per heavy atom. The Bertz CT molecular complexity index is 695. The number of para-hydroxylation sites is 2. The summed E-state index contributed by atoms with van der Waals surface area (Å²) in [6, 6.07) is 7.04. The van der Waals surface area contributed by atoms with E-state index in [-0.39, 0.29) is 6.03 Å². The van der Waals surface area contributed by atoms with Crippen molar-refractivity contribution in [1.82, 2.24) is 14.7 Å². The summed E-state index contributed by atoms with van der Waals surface area (Å²) in [5, 5.41) is 2.86. The lowest BCUT2D eigenvalue weighted by Gasteiger charge is -2.35. The van der Waals surface area contributed by atoms with Crippen molar-refractivity contribution in [2.75, 3.05) is 51.2 Å². The van der Waals surface area contributed by atoms with Crippen molar-refractivity contribution < 1.29 is 19.1 Å². The molecule has 0 unspecified atom stereocenters. The van der Waals surface area contributed by atoms with Crippen LogP contribution in [0.25, 0.3) is 0 Å². The predicted molar refractivity (Wildman–Crippen MR) is 101 cm³/mol. The molecule has 4 amide bonds. The maximum absolute atomic E-state index is 12.5. The molecule has 27 heavy (non-hydrogen) atoms. The SMILES string of the molecule is CCOc1ccccc1NC(=O)N1CCN(C(=O)C(=O)N2CCCC2)CC1. The topological polar surface area (TPSA) is 82.2 Å². The van der Waals surface area contributed by atoms with Crippen LogP contribution in [0.2, 0.25) is 0 Å². The molecule has 1 aromatic rings. The third-order valence-electron chi connectivity index (χ3n) is 4.86. The number of carbonyl (C=O) groups is 3. The van der Waals surface area contributed by atoms with Gasteiger partial charge in [-0.3, -0.25) is 9.59 Å². The molecular formula is C19H26N4O4. The molecule has 8 nitrogen and oxygen atoms in total. The first kappa shape index (κ1) is 19.0. The van der Waals surface area contributed by atoms with Gasteiger partial charge in [-0.05, 0) is 31.9 Å². The molecule has 0 saturated carbocycles. The molecule has 2 fully saturated rings. The summed E-state index contributed by atoms with van der Waals surface area (Å²) in [4.78, 5) is 41.9. The zero-order valence-corrected chi connectivity index (χ0v) is 15.6. The number of nitrogens with zero attached hydrogens (tertiary/aromatic N) is 3. The highest BCUT2D eigenvalue weighted by Gasteiger charge is 2.31. The average Bonchev–Trinajstić information content (AvgIpc) is 3.23. The Labute approximate surface area is 159 Å². The molecule has 0 aliphatic carbocycles. The summed E-state index contributed by atoms with van der Waals surface area (Å²) in [6.07, 6.45) is 1.91. The molecule has 3 rings (SSSR count). The Hall–Kier alpha value is -2.77. The van der Waals surface area contributed by atoms with E-state index in [2.05, 4.69) is 5.32 Å². The quantitative estimate of drug-likeness (QED) is 0.811. The highest BCUT2D eigenvalue weighted by atomic mass is 16.5. The van der Waals surface area contributed by atoms with E-state index in [0.717, 1.165) is 12.8 Å². The molecule has 0 aromatic heterocycles. The number of nitrogens with one attached hydrogen (secondary N) is 1. The lowest BCUT2D eigenvalue weighted by Crippen LogP contribution is -2.54. The largest absolute Gasteiger partial charge is 0.492 e. The molecule has 1 N–H and O–H groups in total. The zero-order chi connectivity index (χ0) is 19.2. The second-order valence-electron chi connectivity index (χ2n) is 6.64. The van der Waals surface area contributed by atoms with E-state index >= 15 is 0 Å². The first-order valence-corrected chi connectivity index (χ1v) is 9.46. The van der Waals surface area contributed by atoms with Crippen LogP contribution in [0.15, 0.2) is 24.3 Å². The van der Waals surface area contributed by atoms with Crippen molar-refractivity contribution in [3.8, 4) is 5.75 Å². The summed E-state index contributed by atoms with van der Waals surface area (Å²) >= 11 is 0. The van der Waals surface area contributed by atoms with Crippen LogP contribution in [0.4, 0.5) is 10.5 Å². The Kier molecular flexibility index (Phi) is 6.16. The van der Waals surface area contributed by atoms with E-state index in [1.54, 1.807) is 26.8 Å². The molecule has 0 spiro atoms. The molecular weight excluding hydrogens is 348 g/mol. The highest BCUT2D eigenvalue weighted by molar-refractivity contribution is 6.35. The third-order valence-corrected chi connectivity index (χ3v) is 4.86. The molecule has 146 valence electrons. The van der Waals surface area contributed by atoms with Gasteiger partial charge < -0.3 is 24.8 Å². The molecule has 2 aliphatic rings. The monoisotopic (exact) mass is 374 g/mol. The molecule has 1 aromatic carbocycles. The summed E-state index contributed by atoms with van der Waals surface area (Å²) < 4.78 is 5.52. The molecule has 0 radical (unpaired) electrons. The minimum atomic E-state index is -0.460. The molecule has 0 atom stereocenters. The van der Waals surface area contributed by atoms with Crippen LogP contribution < -0.4 is 10.1 Å². The van der Waals surface area contributed by atoms with Crippen molar-refractivity contribution in [2.24, 2.45) is 0 Å². The first-order chi connectivity index (χ1) is 13.1. The summed E-state index contributed by atoms with van der Waals surface area (Å²) in [5.41, 5.74) is 0.618. The number of benzene rings is 1. The first-order valence-electron chi connectivity index (χ1n) is 9.46. The van der Waals surface area contributed by atoms with Gasteiger partial charge in [-0.15, -0.1) is 0 Å². The van der Waals surface area contributed by atoms with Gasteiger partial charge in [-0.1, -0.05) is 12.1 Å². The molecule has 8 heteroatoms. The fourth-order valence-electron chi connectivity index (χ4n) is 3.35. The smallest absolute Gasteiger partial charge is 0.322 e. The maximum atomic E-state index is 12.5. The van der Waals surface area contributed by atoms with E-state index in [1.165, 1.54) is 0 Å². The lowest BCUT2D eigenvalue weighted by atomic mass is 10.3. The predicted octanol–water partition coefficient (Wildman–Crippen LogP) is 1.38. The van der Waals surface area contributed by atoms with Gasteiger partial charge in [0.1, 0.15) is 5.75 Å². The number of hydrogen-bond acceptors (Lipinski definition) is 4. The number of rotatable bonds is 3. The maximum Gasteiger partial charge on any atom is 0.322 e. The van der Waals surface area contributed by atoms with E-state index in [9.17, 15) is 14.4 Å². The Balaban J connectivity index is 1.52. The van der Waals surface area contributed by atoms with Crippen LogP contribution in [0, 0.1) is 0 Å². The van der Waals surface area contributed by atoms with Crippen molar-refractivity contribution >= 4 is 23.5 Å². The normalized spacial score (nSPS) is 17.0. The number of ether oxygens (including phenoxy) is 1. The number of hydrogen-bond donors (Lipinski definition) is 1. The van der Waals surface area contributed by atoms with Gasteiger partial charge in [-0.2, -0.15) is 0 Å². The molecule has 2 aliphatic heterocycles. The van der Waals surface area contributed by atoms with Gasteiger partial charge in [0.25, 0.3) is 0 Å². The number of likely N-dealkylation sites (tertiary alicyclic amines) is 1. The number of urea groups is 1. The van der Waals surface area contributed by atoms with Crippen LogP contribution in [0.1, 0.15) is 19.8 Å². The number of carbonyl (C=O) groups excluding carboxylic acids is 3. The summed E-state index contributed by atoms with van der Waals surface area (Å²) in [5.74, 6) is -0.256. The minimum Gasteiger partial charge on any atom is -0.492 e. The van der Waals surface area contributed by atoms with Gasteiger partial charge in [0, 0.05) is 39.3 Å². The molecule has 2 saturated heterocycles. The fraction of sp³-hybridized carbons (Fsp3) is 0.526. The summed E-state index contributed by atoms with van der Waals surface area (Å²) in [6.45, 7) is 5.22. The number of amides is 4. The van der Waals surface area contributed by atoms with Gasteiger partial charge >= 0.3 is 17.8 Å². The second-order valence-corrected chi connectivity index (χ2v) is 6.64. The standard InChI is InChI=1S/C19H26N4O4/c1-2-27-16-8-4-3-7-15(16)20-19(26)23-13-11-22(12-14-23)18(25)17(24)21-9-5-6-10-21/h3-4,7-8H,2,5-6,9-14H2,1H3,(H,20,26). The van der Waals surface area contributed by atoms with Gasteiger partial charge in [0.05, 0.1) is 12.3 Å². The number of anilines is 1. The second kappa shape index (κ2) is 8.75. The molecule has 0 bridgehead atoms. The number of piperazine rings is 1. The van der Waals surface area contributed by atoms with Gasteiger partial charge in [0.2, 0.25) is 0 Å². The summed E-state index contributed by atoms with van der Waals surface area (Å²) in [7, 11) is 0. The van der Waals surface area contributed by atoms with E-state index in [0.29, 0.717) is 57.3 Å². The highest BCUT2D eigenvalue weighted by Crippen LogP contribution is 2.24. The van der Waals surface area contributed by atoms with Crippen LogP contribution in [-0.4, -0.2) is 78.4 Å². The van der Waals surface area contributed by atoms with E-state index < -0.39 is 11.8 Å². The fourth-order valence-corrected chi connectivity index (χ4v) is 3.35. The van der Waals surface area contributed by atoms with Crippen LogP contribution in [0.5, 0.6) is 5.75 Å². The Morgan fingerprint density at radius 3 is 2.07 bits per heavy atom. The molecule has 2 heterocycles. The average molecular weight is 374 g/mol. The van der Waals surface area contributed by atoms with E-state index in [1.807, 2.05) is 19.1 Å². The minimum absolute atomic E-state index is 0.236. The van der Waals surface area contributed by atoms with Crippen LogP contribution >= 0.6 is 0 Å². The van der Waals surface area contributed by atoms with Crippen molar-refractivity contribution in [1.29, 1.82) is 0 Å². The van der Waals surface area contributed by atoms with Crippen LogP contribution in [-0.2, 0) is 9.59 Å². The van der Waals surface area contributed by atoms with Gasteiger partial charge in [-0.25, -0.2) is 4.79 Å². The van der Waals surface area contributed by atoms with Gasteiger partial charge in [0.15, 0.2) is 0 Å². The van der Waals surface area contributed by atoms with Crippen molar-refractivity contribution in [3.63, 3.8) is 0 Å². The Morgan fingerprint density at radius 1 is 0.889 bits per heavy atom. The van der Waals surface area contributed by atoms with Crippen molar-refractivity contribution in [2.45, 2.75) is 19.8 Å². The third kappa shape index (κ3) is 4.50. The zero-order valence-electron chi connectivity index (χ0n) is 15.6. The van der Waals surface area contributed by atoms with E-state index in [4.69, 9.17) is 4.74 Å². The lowest BCUT2D eigenvalue weighted by molar-refractivity contribution is -0.152.